The number of pyridine rings is 1. The van der Waals surface area contributed by atoms with Crippen LogP contribution >= 0.6 is 0 Å². The number of rotatable bonds is 4. The van der Waals surface area contributed by atoms with Crippen LogP contribution in [-0.4, -0.2) is 46.8 Å². The highest BCUT2D eigenvalue weighted by Gasteiger charge is 2.37. The molecule has 0 bridgehead atoms. The molecule has 1 N–H and O–H groups in total. The Hall–Kier alpha value is -2.60. The molecule has 3 aliphatic rings. The van der Waals surface area contributed by atoms with Crippen molar-refractivity contribution in [3.63, 3.8) is 0 Å². The Morgan fingerprint density at radius 3 is 2.69 bits per heavy atom. The summed E-state index contributed by atoms with van der Waals surface area (Å²) in [5, 5.41) is 3.39. The van der Waals surface area contributed by atoms with E-state index in [4.69, 9.17) is 9.98 Å². The number of fused-ring (bicyclic) bond motifs is 2. The summed E-state index contributed by atoms with van der Waals surface area (Å²) >= 11 is 0. The van der Waals surface area contributed by atoms with Gasteiger partial charge < -0.3 is 10.2 Å². The first-order chi connectivity index (χ1) is 14.1. The van der Waals surface area contributed by atoms with Crippen molar-refractivity contribution in [2.75, 3.05) is 31.1 Å². The first-order valence-corrected chi connectivity index (χ1v) is 10.6. The Bertz CT molecular complexity index is 983. The van der Waals surface area contributed by atoms with Crippen molar-refractivity contribution >= 4 is 17.0 Å². The van der Waals surface area contributed by atoms with Crippen LogP contribution in [0.5, 0.6) is 0 Å². The minimum Gasteiger partial charge on any atom is -0.368 e. The van der Waals surface area contributed by atoms with Gasteiger partial charge in [0.15, 0.2) is 0 Å². The molecule has 2 aromatic rings. The maximum absolute atomic E-state index is 4.97. The molecule has 150 valence electrons. The standard InChI is InChI=1S/C23H28N6/c1-14(2)21-15(3)27-19-10-16-12-26-20(28-23(16)22(19)21)11-17-4-5-18(13-25-17)29-8-6-24-7-9-29/h4-5,12-14,21,24H,6-11H2,1-3H3. The molecule has 2 aromatic heterocycles. The number of nitrogens with zero attached hydrogens (tertiary/aromatic N) is 5. The molecule has 29 heavy (non-hydrogen) atoms. The van der Waals surface area contributed by atoms with Crippen molar-refractivity contribution in [3.05, 3.63) is 53.0 Å². The van der Waals surface area contributed by atoms with Gasteiger partial charge in [-0.05, 0) is 25.0 Å². The molecular formula is C23H28N6. The summed E-state index contributed by atoms with van der Waals surface area (Å²) in [7, 11) is 0. The van der Waals surface area contributed by atoms with Crippen LogP contribution in [0.25, 0.3) is 5.57 Å². The Morgan fingerprint density at radius 2 is 1.97 bits per heavy atom. The van der Waals surface area contributed by atoms with E-state index in [1.807, 2.05) is 12.4 Å². The number of nitrogens with one attached hydrogen (secondary N) is 1. The van der Waals surface area contributed by atoms with Gasteiger partial charge in [0.05, 0.1) is 29.7 Å². The van der Waals surface area contributed by atoms with Gasteiger partial charge in [0, 0.05) is 67.3 Å². The largest absolute Gasteiger partial charge is 0.368 e. The van der Waals surface area contributed by atoms with Gasteiger partial charge in [-0.25, -0.2) is 9.97 Å². The van der Waals surface area contributed by atoms with E-state index in [1.165, 1.54) is 28.2 Å². The Morgan fingerprint density at radius 1 is 1.14 bits per heavy atom. The normalized spacial score (nSPS) is 20.9. The van der Waals surface area contributed by atoms with Crippen LogP contribution in [0, 0.1) is 11.8 Å². The van der Waals surface area contributed by atoms with Crippen LogP contribution in [0.15, 0.2) is 35.2 Å². The molecule has 6 heteroatoms. The predicted molar refractivity (Wildman–Crippen MR) is 116 cm³/mol. The number of anilines is 1. The molecule has 0 spiro atoms. The van der Waals surface area contributed by atoms with Gasteiger partial charge in [0.2, 0.25) is 0 Å². The van der Waals surface area contributed by atoms with E-state index >= 15 is 0 Å². The summed E-state index contributed by atoms with van der Waals surface area (Å²) in [5.74, 6) is 1.74. The monoisotopic (exact) mass is 388 g/mol. The van der Waals surface area contributed by atoms with Crippen LogP contribution in [0.2, 0.25) is 0 Å². The molecule has 2 aliphatic heterocycles. The van der Waals surface area contributed by atoms with Gasteiger partial charge in [0.1, 0.15) is 5.82 Å². The number of hydrogen-bond acceptors (Lipinski definition) is 6. The van der Waals surface area contributed by atoms with E-state index in [9.17, 15) is 0 Å². The average molecular weight is 389 g/mol. The molecule has 0 radical (unpaired) electrons. The highest BCUT2D eigenvalue weighted by atomic mass is 15.2. The maximum Gasteiger partial charge on any atom is 0.134 e. The van der Waals surface area contributed by atoms with Crippen molar-refractivity contribution in [2.45, 2.75) is 33.6 Å². The first kappa shape index (κ1) is 18.4. The molecule has 1 aliphatic carbocycles. The number of piperazine rings is 1. The highest BCUT2D eigenvalue weighted by Crippen LogP contribution is 2.44. The summed E-state index contributed by atoms with van der Waals surface area (Å²) < 4.78 is 0. The van der Waals surface area contributed by atoms with Crippen LogP contribution in [0.3, 0.4) is 0 Å². The highest BCUT2D eigenvalue weighted by molar-refractivity contribution is 6.02. The van der Waals surface area contributed by atoms with E-state index in [2.05, 4.69) is 53.1 Å². The average Bonchev–Trinajstić information content (AvgIpc) is 3.23. The summed E-state index contributed by atoms with van der Waals surface area (Å²) in [5.41, 5.74) is 8.28. The van der Waals surface area contributed by atoms with Crippen LogP contribution in [0.4, 0.5) is 5.69 Å². The zero-order chi connectivity index (χ0) is 20.0. The quantitative estimate of drug-likeness (QED) is 0.872. The number of aromatic nitrogens is 3. The smallest absolute Gasteiger partial charge is 0.134 e. The van der Waals surface area contributed by atoms with Crippen LogP contribution < -0.4 is 10.2 Å². The number of allylic oxidation sites excluding steroid dienone is 2. The van der Waals surface area contributed by atoms with Crippen molar-refractivity contribution in [3.8, 4) is 0 Å². The predicted octanol–water partition coefficient (Wildman–Crippen LogP) is 2.89. The van der Waals surface area contributed by atoms with Gasteiger partial charge in [0.25, 0.3) is 0 Å². The third-order valence-corrected chi connectivity index (χ3v) is 6.21. The fourth-order valence-electron chi connectivity index (χ4n) is 4.83. The van der Waals surface area contributed by atoms with Gasteiger partial charge in [-0.1, -0.05) is 13.8 Å². The fourth-order valence-corrected chi connectivity index (χ4v) is 4.83. The molecule has 4 heterocycles. The van der Waals surface area contributed by atoms with Crippen molar-refractivity contribution < 1.29 is 0 Å². The fraction of sp³-hybridized carbons (Fsp3) is 0.478. The number of aliphatic imine (C=N–C) groups is 1. The molecule has 0 amide bonds. The Kier molecular flexibility index (Phi) is 4.66. The molecule has 1 unspecified atom stereocenters. The lowest BCUT2D eigenvalue weighted by atomic mass is 9.85. The topological polar surface area (TPSA) is 66.3 Å². The summed E-state index contributed by atoms with van der Waals surface area (Å²) in [6.07, 6.45) is 5.50. The second-order valence-electron chi connectivity index (χ2n) is 8.59. The van der Waals surface area contributed by atoms with E-state index in [0.29, 0.717) is 18.3 Å². The molecule has 6 nitrogen and oxygen atoms in total. The van der Waals surface area contributed by atoms with E-state index in [1.54, 1.807) is 0 Å². The molecule has 0 saturated carbocycles. The van der Waals surface area contributed by atoms with Gasteiger partial charge in [-0.2, -0.15) is 0 Å². The third-order valence-electron chi connectivity index (χ3n) is 6.21. The van der Waals surface area contributed by atoms with Crippen LogP contribution in [0.1, 0.15) is 43.5 Å². The summed E-state index contributed by atoms with van der Waals surface area (Å²) in [6.45, 7) is 10.8. The zero-order valence-electron chi connectivity index (χ0n) is 17.4. The third kappa shape index (κ3) is 3.35. The van der Waals surface area contributed by atoms with Crippen molar-refractivity contribution in [1.82, 2.24) is 20.3 Å². The Labute approximate surface area is 172 Å². The Balaban J connectivity index is 1.36. The molecule has 1 saturated heterocycles. The lowest BCUT2D eigenvalue weighted by Crippen LogP contribution is -2.43. The summed E-state index contributed by atoms with van der Waals surface area (Å²) in [6, 6.07) is 4.28. The van der Waals surface area contributed by atoms with Crippen molar-refractivity contribution in [2.24, 2.45) is 16.8 Å². The van der Waals surface area contributed by atoms with Gasteiger partial charge >= 0.3 is 0 Å². The lowest BCUT2D eigenvalue weighted by molar-refractivity contribution is 0.588. The minimum atomic E-state index is 0.380. The second kappa shape index (κ2) is 7.34. The summed E-state index contributed by atoms with van der Waals surface area (Å²) in [4.78, 5) is 21.5. The first-order valence-electron chi connectivity index (χ1n) is 10.6. The molecule has 1 atom stereocenters. The van der Waals surface area contributed by atoms with Gasteiger partial charge in [-0.15, -0.1) is 0 Å². The molecule has 0 aromatic carbocycles. The van der Waals surface area contributed by atoms with E-state index in [0.717, 1.165) is 49.8 Å². The zero-order valence-corrected chi connectivity index (χ0v) is 17.4. The maximum atomic E-state index is 4.97. The number of hydrogen-bond donors (Lipinski definition) is 1. The molecular weight excluding hydrogens is 360 g/mol. The van der Waals surface area contributed by atoms with E-state index < -0.39 is 0 Å². The van der Waals surface area contributed by atoms with Crippen LogP contribution in [-0.2, 0) is 12.8 Å². The SMILES string of the molecule is CC1=NC2=C(c3nc(Cc4ccc(N5CCNCC5)cn4)ncc3C2)C1C(C)C. The minimum absolute atomic E-state index is 0.380. The molecule has 5 rings (SSSR count). The van der Waals surface area contributed by atoms with Gasteiger partial charge in [-0.3, -0.25) is 9.98 Å². The second-order valence-corrected chi connectivity index (χ2v) is 8.59. The molecule has 1 fully saturated rings. The lowest BCUT2D eigenvalue weighted by Gasteiger charge is -2.29. The van der Waals surface area contributed by atoms with Crippen molar-refractivity contribution in [1.29, 1.82) is 0 Å². The van der Waals surface area contributed by atoms with E-state index in [-0.39, 0.29) is 0 Å².